The molecule has 0 spiro atoms. The van der Waals surface area contributed by atoms with Gasteiger partial charge in [0.15, 0.2) is 5.13 Å². The minimum atomic E-state index is -3.66. The lowest BCUT2D eigenvalue weighted by Crippen LogP contribution is -2.46. The molecule has 192 valence electrons. The van der Waals surface area contributed by atoms with E-state index in [1.54, 1.807) is 35.2 Å². The average Bonchev–Trinajstić information content (AvgIpc) is 3.36. The van der Waals surface area contributed by atoms with Crippen molar-refractivity contribution in [3.8, 4) is 0 Å². The summed E-state index contributed by atoms with van der Waals surface area (Å²) in [6, 6.07) is 24.5. The Morgan fingerprint density at radius 2 is 1.73 bits per heavy atom. The van der Waals surface area contributed by atoms with Crippen LogP contribution in [0.1, 0.15) is 43.7 Å². The van der Waals surface area contributed by atoms with Crippen molar-refractivity contribution in [3.05, 3.63) is 90.0 Å². The third-order valence-corrected chi connectivity index (χ3v) is 9.78. The van der Waals surface area contributed by atoms with E-state index in [0.29, 0.717) is 37.0 Å². The Morgan fingerprint density at radius 1 is 1.03 bits per heavy atom. The molecule has 8 heteroatoms. The number of amides is 1. The van der Waals surface area contributed by atoms with E-state index in [0.717, 1.165) is 21.3 Å². The minimum Gasteiger partial charge on any atom is -0.283 e. The van der Waals surface area contributed by atoms with E-state index in [4.69, 9.17) is 4.98 Å². The van der Waals surface area contributed by atoms with Crippen LogP contribution in [0.15, 0.2) is 83.8 Å². The highest BCUT2D eigenvalue weighted by Gasteiger charge is 2.36. The predicted molar refractivity (Wildman–Crippen MR) is 149 cm³/mol. The van der Waals surface area contributed by atoms with E-state index in [-0.39, 0.29) is 17.3 Å². The molecule has 0 saturated carbocycles. The van der Waals surface area contributed by atoms with Gasteiger partial charge in [0.25, 0.3) is 0 Å². The summed E-state index contributed by atoms with van der Waals surface area (Å²) in [6.45, 7) is 5.26. The Kier molecular flexibility index (Phi) is 7.42. The summed E-state index contributed by atoms with van der Waals surface area (Å²) in [4.78, 5) is 21.1. The molecule has 1 saturated heterocycles. The first-order chi connectivity index (χ1) is 17.8. The molecule has 0 bridgehead atoms. The van der Waals surface area contributed by atoms with Crippen molar-refractivity contribution in [2.24, 2.45) is 5.92 Å². The molecule has 1 unspecified atom stereocenters. The molecule has 5 rings (SSSR count). The van der Waals surface area contributed by atoms with Crippen molar-refractivity contribution < 1.29 is 13.2 Å². The maximum absolute atomic E-state index is 14.1. The second-order valence-corrected chi connectivity index (χ2v) is 12.7. The summed E-state index contributed by atoms with van der Waals surface area (Å²) in [7, 11) is -3.66. The zero-order valence-corrected chi connectivity index (χ0v) is 22.7. The van der Waals surface area contributed by atoms with E-state index >= 15 is 0 Å². The van der Waals surface area contributed by atoms with Gasteiger partial charge in [-0.2, -0.15) is 4.31 Å². The molecule has 0 N–H and O–H groups in total. The third-order valence-electron chi connectivity index (χ3n) is 6.86. The summed E-state index contributed by atoms with van der Waals surface area (Å²) in [6.07, 6.45) is 1.28. The molecule has 3 aromatic carbocycles. The molecule has 6 nitrogen and oxygen atoms in total. The molecule has 1 atom stereocenters. The van der Waals surface area contributed by atoms with Gasteiger partial charge >= 0.3 is 0 Å². The first-order valence-corrected chi connectivity index (χ1v) is 14.9. The molecule has 37 heavy (non-hydrogen) atoms. The smallest absolute Gasteiger partial charge is 0.243 e. The predicted octanol–water partition coefficient (Wildman–Crippen LogP) is 6.05. The normalized spacial score (nSPS) is 16.8. The van der Waals surface area contributed by atoms with Crippen molar-refractivity contribution in [2.75, 3.05) is 18.0 Å². The second-order valence-electron chi connectivity index (χ2n) is 9.77. The number of hydrogen-bond acceptors (Lipinski definition) is 5. The van der Waals surface area contributed by atoms with Crippen molar-refractivity contribution in [3.63, 3.8) is 0 Å². The zero-order valence-electron chi connectivity index (χ0n) is 21.1. The Balaban J connectivity index is 1.48. The fraction of sp³-hybridized carbons (Fsp3) is 0.310. The van der Waals surface area contributed by atoms with Gasteiger partial charge in [0.2, 0.25) is 15.9 Å². The van der Waals surface area contributed by atoms with Crippen LogP contribution >= 0.6 is 11.3 Å². The number of hydrogen-bond donors (Lipinski definition) is 0. The number of carbonyl (C=O) groups is 1. The highest BCUT2D eigenvalue weighted by atomic mass is 32.2. The lowest BCUT2D eigenvalue weighted by atomic mass is 9.98. The van der Waals surface area contributed by atoms with E-state index in [1.165, 1.54) is 15.6 Å². The lowest BCUT2D eigenvalue weighted by molar-refractivity contribution is -0.123. The average molecular weight is 534 g/mol. The molecular weight excluding hydrogens is 502 g/mol. The SMILES string of the molecule is CC(C)c1cccc2sc(N(Cc3ccccc3)C(=O)C3CCCN(S(=O)(=O)c4ccccc4)C3)nc12. The molecule has 0 radical (unpaired) electrons. The molecule has 4 aromatic rings. The van der Waals surface area contributed by atoms with Gasteiger partial charge < -0.3 is 0 Å². The van der Waals surface area contributed by atoms with Crippen LogP contribution in [-0.4, -0.2) is 36.7 Å². The number of para-hydroxylation sites is 1. The van der Waals surface area contributed by atoms with Crippen molar-refractivity contribution in [1.82, 2.24) is 9.29 Å². The number of piperidine rings is 1. The second kappa shape index (κ2) is 10.7. The van der Waals surface area contributed by atoms with E-state index in [1.807, 2.05) is 42.5 Å². The van der Waals surface area contributed by atoms with Gasteiger partial charge in [0.05, 0.1) is 27.6 Å². The fourth-order valence-corrected chi connectivity index (χ4v) is 7.42. The maximum Gasteiger partial charge on any atom is 0.243 e. The standard InChI is InChI=1S/C29H31N3O3S2/c1-21(2)25-16-9-17-26-27(25)30-29(36-26)32(19-22-11-5-3-6-12-22)28(33)23-13-10-18-31(20-23)37(34,35)24-14-7-4-8-15-24/h3-9,11-12,14-17,21,23H,10,13,18-20H2,1-2H3. The van der Waals surface area contributed by atoms with Crippen molar-refractivity contribution in [2.45, 2.75) is 44.0 Å². The molecule has 1 aliphatic rings. The van der Waals surface area contributed by atoms with Crippen LogP contribution in [0.2, 0.25) is 0 Å². The summed E-state index contributed by atoms with van der Waals surface area (Å²) >= 11 is 1.51. The lowest BCUT2D eigenvalue weighted by Gasteiger charge is -2.33. The van der Waals surface area contributed by atoms with E-state index in [9.17, 15) is 13.2 Å². The summed E-state index contributed by atoms with van der Waals surface area (Å²) < 4.78 is 29.1. The number of aromatic nitrogens is 1. The summed E-state index contributed by atoms with van der Waals surface area (Å²) in [5.41, 5.74) is 3.09. The van der Waals surface area contributed by atoms with Crippen LogP contribution in [0.25, 0.3) is 10.2 Å². The monoisotopic (exact) mass is 533 g/mol. The van der Waals surface area contributed by atoms with Gasteiger partial charge in [-0.25, -0.2) is 13.4 Å². The highest BCUT2D eigenvalue weighted by Crippen LogP contribution is 2.35. The first-order valence-electron chi connectivity index (χ1n) is 12.6. The number of fused-ring (bicyclic) bond motifs is 1. The topological polar surface area (TPSA) is 70.6 Å². The van der Waals surface area contributed by atoms with Gasteiger partial charge in [-0.15, -0.1) is 0 Å². The van der Waals surface area contributed by atoms with Gasteiger partial charge in [-0.05, 0) is 48.1 Å². The van der Waals surface area contributed by atoms with Crippen molar-refractivity contribution >= 4 is 42.6 Å². The Bertz CT molecular complexity index is 1480. The molecule has 1 amide bonds. The Hall–Kier alpha value is -3.07. The highest BCUT2D eigenvalue weighted by molar-refractivity contribution is 7.89. The molecule has 1 fully saturated rings. The molecule has 1 aromatic heterocycles. The van der Waals surface area contributed by atoms with Crippen LogP contribution in [0.4, 0.5) is 5.13 Å². The van der Waals surface area contributed by atoms with E-state index < -0.39 is 15.9 Å². The number of anilines is 1. The van der Waals surface area contributed by atoms with Crippen LogP contribution < -0.4 is 4.90 Å². The largest absolute Gasteiger partial charge is 0.283 e. The Morgan fingerprint density at radius 3 is 2.43 bits per heavy atom. The molecule has 2 heterocycles. The summed E-state index contributed by atoms with van der Waals surface area (Å²) in [5, 5.41) is 0.653. The van der Waals surface area contributed by atoms with Gasteiger partial charge in [-0.3, -0.25) is 9.69 Å². The van der Waals surface area contributed by atoms with E-state index in [2.05, 4.69) is 19.9 Å². The van der Waals surface area contributed by atoms with Crippen LogP contribution in [0.3, 0.4) is 0 Å². The maximum atomic E-state index is 14.1. The molecule has 0 aliphatic carbocycles. The van der Waals surface area contributed by atoms with Crippen molar-refractivity contribution in [1.29, 1.82) is 0 Å². The van der Waals surface area contributed by atoms with Gasteiger partial charge in [0.1, 0.15) is 0 Å². The first kappa shape index (κ1) is 25.6. The minimum absolute atomic E-state index is 0.0815. The number of benzene rings is 3. The Labute approximate surface area is 222 Å². The fourth-order valence-electron chi connectivity index (χ4n) is 4.87. The number of carbonyl (C=O) groups excluding carboxylic acids is 1. The van der Waals surface area contributed by atoms with Crippen LogP contribution in [-0.2, 0) is 21.4 Å². The zero-order chi connectivity index (χ0) is 26.0. The van der Waals surface area contributed by atoms with Gasteiger partial charge in [0, 0.05) is 13.1 Å². The number of sulfonamides is 1. The number of rotatable bonds is 7. The summed E-state index contributed by atoms with van der Waals surface area (Å²) in [5.74, 6) is -0.207. The molecule has 1 aliphatic heterocycles. The molecular formula is C29H31N3O3S2. The van der Waals surface area contributed by atoms with Crippen LogP contribution in [0.5, 0.6) is 0 Å². The van der Waals surface area contributed by atoms with Crippen LogP contribution in [0, 0.1) is 5.92 Å². The number of thiazole rings is 1. The number of nitrogens with zero attached hydrogens (tertiary/aromatic N) is 3. The van der Waals surface area contributed by atoms with Gasteiger partial charge in [-0.1, -0.05) is 85.8 Å². The quantitative estimate of drug-likeness (QED) is 0.290. The third kappa shape index (κ3) is 5.32.